The molecule has 4 rings (SSSR count). The first kappa shape index (κ1) is 17.7. The third kappa shape index (κ3) is 4.18. The summed E-state index contributed by atoms with van der Waals surface area (Å²) in [6, 6.07) is 14.2. The summed E-state index contributed by atoms with van der Waals surface area (Å²) in [6.07, 6.45) is 3.00. The minimum Gasteiger partial charge on any atom is -0.476 e. The average Bonchev–Trinajstić information content (AvgIpc) is 3.24. The molecule has 2 aliphatic heterocycles. The molecule has 2 aromatic carbocycles. The molecule has 2 heterocycles. The van der Waals surface area contributed by atoms with E-state index in [0.29, 0.717) is 18.1 Å². The normalized spacial score (nSPS) is 17.5. The van der Waals surface area contributed by atoms with Crippen LogP contribution in [-0.4, -0.2) is 42.9 Å². The van der Waals surface area contributed by atoms with E-state index in [9.17, 15) is 9.18 Å². The molecule has 0 atom stereocenters. The Morgan fingerprint density at radius 3 is 2.41 bits per heavy atom. The van der Waals surface area contributed by atoms with E-state index < -0.39 is 0 Å². The Labute approximate surface area is 158 Å². The second-order valence-corrected chi connectivity index (χ2v) is 7.18. The van der Waals surface area contributed by atoms with Gasteiger partial charge in [0.1, 0.15) is 12.4 Å². The van der Waals surface area contributed by atoms with Gasteiger partial charge in [0.15, 0.2) is 0 Å². The number of likely N-dealkylation sites (tertiary alicyclic amines) is 1. The molecule has 1 fully saturated rings. The number of carbonyl (C=O) groups excluding carboxylic acids is 1. The van der Waals surface area contributed by atoms with Crippen molar-refractivity contribution in [2.45, 2.75) is 19.3 Å². The van der Waals surface area contributed by atoms with Gasteiger partial charge in [-0.3, -0.25) is 4.79 Å². The van der Waals surface area contributed by atoms with Crippen molar-refractivity contribution >= 4 is 11.8 Å². The molecular weight excluding hydrogens is 343 g/mol. The molecule has 4 nitrogen and oxygen atoms in total. The van der Waals surface area contributed by atoms with Gasteiger partial charge in [0.2, 0.25) is 5.90 Å². The fourth-order valence-corrected chi connectivity index (χ4v) is 3.74. The summed E-state index contributed by atoms with van der Waals surface area (Å²) < 4.78 is 18.5. The van der Waals surface area contributed by atoms with Crippen molar-refractivity contribution in [1.29, 1.82) is 0 Å². The van der Waals surface area contributed by atoms with Gasteiger partial charge in [0.05, 0.1) is 6.54 Å². The van der Waals surface area contributed by atoms with E-state index in [4.69, 9.17) is 4.74 Å². The zero-order valence-electron chi connectivity index (χ0n) is 15.2. The number of carbonyl (C=O) groups is 1. The quantitative estimate of drug-likeness (QED) is 0.828. The molecule has 0 radical (unpaired) electrons. The predicted molar refractivity (Wildman–Crippen MR) is 103 cm³/mol. The number of piperidine rings is 1. The van der Waals surface area contributed by atoms with Crippen LogP contribution in [0.2, 0.25) is 0 Å². The highest BCUT2D eigenvalue weighted by molar-refractivity contribution is 5.95. The summed E-state index contributed by atoms with van der Waals surface area (Å²) >= 11 is 0. The summed E-state index contributed by atoms with van der Waals surface area (Å²) in [7, 11) is 0. The molecule has 0 bridgehead atoms. The molecule has 5 heteroatoms. The van der Waals surface area contributed by atoms with E-state index >= 15 is 0 Å². The number of halogens is 1. The number of aliphatic imine (C=N–C) groups is 1. The maximum Gasteiger partial charge on any atom is 0.253 e. The highest BCUT2D eigenvalue weighted by Crippen LogP contribution is 2.23. The molecule has 0 spiro atoms. The zero-order chi connectivity index (χ0) is 18.6. The van der Waals surface area contributed by atoms with Crippen LogP contribution in [-0.2, 0) is 11.2 Å². The van der Waals surface area contributed by atoms with Crippen molar-refractivity contribution in [3.63, 3.8) is 0 Å². The lowest BCUT2D eigenvalue weighted by atomic mass is 9.89. The molecule has 1 saturated heterocycles. The summed E-state index contributed by atoms with van der Waals surface area (Å²) in [5.41, 5.74) is 2.90. The number of hydrogen-bond donors (Lipinski definition) is 0. The number of benzene rings is 2. The third-order valence-corrected chi connectivity index (χ3v) is 5.30. The number of amides is 1. The Morgan fingerprint density at radius 1 is 1.07 bits per heavy atom. The SMILES string of the molecule is O=C(c1ccc(F)cc1)N1CCC(Cc2ccc(C3=NCCO3)cc2)CC1. The second-order valence-electron chi connectivity index (χ2n) is 7.18. The predicted octanol–water partition coefficient (Wildman–Crippen LogP) is 3.70. The van der Waals surface area contributed by atoms with E-state index in [1.165, 1.54) is 17.7 Å². The molecule has 2 aromatic rings. The van der Waals surface area contributed by atoms with Crippen LogP contribution in [0.25, 0.3) is 0 Å². The van der Waals surface area contributed by atoms with Crippen LogP contribution in [0.3, 0.4) is 0 Å². The van der Waals surface area contributed by atoms with Crippen molar-refractivity contribution in [2.24, 2.45) is 10.9 Å². The van der Waals surface area contributed by atoms with Gasteiger partial charge in [-0.25, -0.2) is 9.38 Å². The van der Waals surface area contributed by atoms with Crippen molar-refractivity contribution in [2.75, 3.05) is 26.2 Å². The minimum absolute atomic E-state index is 0.00450. The minimum atomic E-state index is -0.317. The van der Waals surface area contributed by atoms with Gasteiger partial charge in [0, 0.05) is 24.2 Å². The van der Waals surface area contributed by atoms with Gasteiger partial charge >= 0.3 is 0 Å². The average molecular weight is 366 g/mol. The van der Waals surface area contributed by atoms with Crippen LogP contribution < -0.4 is 0 Å². The highest BCUT2D eigenvalue weighted by atomic mass is 19.1. The lowest BCUT2D eigenvalue weighted by molar-refractivity contribution is 0.0690. The van der Waals surface area contributed by atoms with Crippen LogP contribution in [0.1, 0.15) is 34.3 Å². The van der Waals surface area contributed by atoms with Crippen LogP contribution in [0, 0.1) is 11.7 Å². The van der Waals surface area contributed by atoms with Crippen LogP contribution in [0.4, 0.5) is 4.39 Å². The molecular formula is C22H23FN2O2. The maximum absolute atomic E-state index is 13.0. The summed E-state index contributed by atoms with van der Waals surface area (Å²) in [5.74, 6) is 1.00. The Morgan fingerprint density at radius 2 is 1.78 bits per heavy atom. The Hall–Kier alpha value is -2.69. The molecule has 0 saturated carbocycles. The van der Waals surface area contributed by atoms with E-state index in [1.807, 2.05) is 4.90 Å². The molecule has 0 unspecified atom stereocenters. The maximum atomic E-state index is 13.0. The number of hydrogen-bond acceptors (Lipinski definition) is 3. The Balaban J connectivity index is 1.30. The standard InChI is InChI=1S/C22H23FN2O2/c23-20-7-5-19(6-8-20)22(26)25-12-9-17(10-13-25)15-16-1-3-18(4-2-16)21-24-11-14-27-21/h1-8,17H,9-15H2. The molecule has 0 N–H and O–H groups in total. The lowest BCUT2D eigenvalue weighted by Crippen LogP contribution is -2.38. The van der Waals surface area contributed by atoms with Crippen LogP contribution in [0.5, 0.6) is 0 Å². The number of nitrogens with zero attached hydrogens (tertiary/aromatic N) is 2. The third-order valence-electron chi connectivity index (χ3n) is 5.30. The lowest BCUT2D eigenvalue weighted by Gasteiger charge is -2.32. The van der Waals surface area contributed by atoms with Crippen molar-refractivity contribution < 1.29 is 13.9 Å². The first-order valence-corrected chi connectivity index (χ1v) is 9.50. The summed E-state index contributed by atoms with van der Waals surface area (Å²) in [5, 5.41) is 0. The van der Waals surface area contributed by atoms with Crippen LogP contribution >= 0.6 is 0 Å². The first-order valence-electron chi connectivity index (χ1n) is 9.50. The van der Waals surface area contributed by atoms with E-state index in [2.05, 4.69) is 29.3 Å². The van der Waals surface area contributed by atoms with Gasteiger partial charge in [-0.2, -0.15) is 0 Å². The molecule has 0 aliphatic carbocycles. The smallest absolute Gasteiger partial charge is 0.253 e. The van der Waals surface area contributed by atoms with Crippen molar-refractivity contribution in [3.05, 3.63) is 71.0 Å². The van der Waals surface area contributed by atoms with Gasteiger partial charge in [-0.1, -0.05) is 12.1 Å². The summed E-state index contributed by atoms with van der Waals surface area (Å²) in [4.78, 5) is 18.7. The number of rotatable bonds is 4. The van der Waals surface area contributed by atoms with Gasteiger partial charge in [0.25, 0.3) is 5.91 Å². The van der Waals surface area contributed by atoms with Gasteiger partial charge < -0.3 is 9.64 Å². The van der Waals surface area contributed by atoms with Crippen molar-refractivity contribution in [3.8, 4) is 0 Å². The zero-order valence-corrected chi connectivity index (χ0v) is 15.2. The molecule has 27 heavy (non-hydrogen) atoms. The van der Waals surface area contributed by atoms with Crippen LogP contribution in [0.15, 0.2) is 53.5 Å². The topological polar surface area (TPSA) is 41.9 Å². The van der Waals surface area contributed by atoms with E-state index in [1.54, 1.807) is 12.1 Å². The van der Waals surface area contributed by atoms with Gasteiger partial charge in [-0.15, -0.1) is 0 Å². The summed E-state index contributed by atoms with van der Waals surface area (Å²) in [6.45, 7) is 2.92. The van der Waals surface area contributed by atoms with Crippen molar-refractivity contribution in [1.82, 2.24) is 4.90 Å². The molecule has 0 aromatic heterocycles. The van der Waals surface area contributed by atoms with E-state index in [-0.39, 0.29) is 11.7 Å². The molecule has 140 valence electrons. The first-order chi connectivity index (χ1) is 13.2. The largest absolute Gasteiger partial charge is 0.476 e. The second kappa shape index (κ2) is 7.91. The molecule has 1 amide bonds. The Kier molecular flexibility index (Phi) is 5.19. The fraction of sp³-hybridized carbons (Fsp3) is 0.364. The molecule has 2 aliphatic rings. The van der Waals surface area contributed by atoms with E-state index in [0.717, 1.165) is 50.4 Å². The fourth-order valence-electron chi connectivity index (χ4n) is 3.74. The highest BCUT2D eigenvalue weighted by Gasteiger charge is 2.24. The monoisotopic (exact) mass is 366 g/mol. The van der Waals surface area contributed by atoms with Gasteiger partial charge in [-0.05, 0) is 67.1 Å². The Bertz CT molecular complexity index is 822. The number of ether oxygens (including phenoxy) is 1.